The van der Waals surface area contributed by atoms with Crippen LogP contribution in [0, 0.1) is 6.92 Å². The summed E-state index contributed by atoms with van der Waals surface area (Å²) in [4.78, 5) is 18.5. The van der Waals surface area contributed by atoms with Gasteiger partial charge in [-0.25, -0.2) is 4.98 Å². The van der Waals surface area contributed by atoms with Crippen molar-refractivity contribution in [1.82, 2.24) is 20.5 Å². The number of carbonyl (C=O) groups excluding carboxylic acids is 1. The van der Waals surface area contributed by atoms with Gasteiger partial charge in [-0.1, -0.05) is 6.07 Å². The summed E-state index contributed by atoms with van der Waals surface area (Å²) in [5.41, 5.74) is 1.37. The minimum atomic E-state index is -0.0796. The van der Waals surface area contributed by atoms with Crippen LogP contribution in [0.15, 0.2) is 18.2 Å². The van der Waals surface area contributed by atoms with Crippen LogP contribution in [-0.2, 0) is 0 Å². The number of aryl methyl sites for hydroxylation is 1. The molecule has 1 aliphatic rings. The average molecular weight is 262 g/mol. The molecular weight excluding hydrogens is 240 g/mol. The molecule has 1 amide bonds. The third-order valence-corrected chi connectivity index (χ3v) is 3.27. The maximum Gasteiger partial charge on any atom is 0.269 e. The van der Waals surface area contributed by atoms with E-state index in [4.69, 9.17) is 0 Å². The molecule has 2 heterocycles. The monoisotopic (exact) mass is 262 g/mol. The number of amides is 1. The summed E-state index contributed by atoms with van der Waals surface area (Å²) in [7, 11) is 0. The third-order valence-electron chi connectivity index (χ3n) is 3.27. The fourth-order valence-electron chi connectivity index (χ4n) is 2.20. The molecule has 19 heavy (non-hydrogen) atoms. The van der Waals surface area contributed by atoms with Crippen LogP contribution in [0.4, 0.5) is 0 Å². The van der Waals surface area contributed by atoms with Crippen molar-refractivity contribution in [3.8, 4) is 0 Å². The summed E-state index contributed by atoms with van der Waals surface area (Å²) in [5.74, 6) is -0.0796. The first-order chi connectivity index (χ1) is 9.25. The molecule has 2 N–H and O–H groups in total. The van der Waals surface area contributed by atoms with Crippen molar-refractivity contribution < 1.29 is 4.79 Å². The summed E-state index contributed by atoms with van der Waals surface area (Å²) >= 11 is 0. The van der Waals surface area contributed by atoms with Gasteiger partial charge in [-0.05, 0) is 32.0 Å². The van der Waals surface area contributed by atoms with Crippen LogP contribution in [0.25, 0.3) is 0 Å². The predicted molar refractivity (Wildman–Crippen MR) is 75.2 cm³/mol. The van der Waals surface area contributed by atoms with Gasteiger partial charge in [-0.2, -0.15) is 0 Å². The number of piperazine rings is 1. The highest BCUT2D eigenvalue weighted by atomic mass is 16.1. The van der Waals surface area contributed by atoms with Gasteiger partial charge < -0.3 is 15.5 Å². The second-order valence-electron chi connectivity index (χ2n) is 4.87. The lowest BCUT2D eigenvalue weighted by molar-refractivity contribution is 0.0946. The van der Waals surface area contributed by atoms with Crippen molar-refractivity contribution in [2.45, 2.75) is 13.3 Å². The molecule has 0 bridgehead atoms. The lowest BCUT2D eigenvalue weighted by Crippen LogP contribution is -2.44. The van der Waals surface area contributed by atoms with Crippen LogP contribution in [0.5, 0.6) is 0 Å². The third kappa shape index (κ3) is 4.61. The van der Waals surface area contributed by atoms with Gasteiger partial charge in [0.15, 0.2) is 0 Å². The minimum Gasteiger partial charge on any atom is -0.351 e. The Morgan fingerprint density at radius 1 is 1.42 bits per heavy atom. The quantitative estimate of drug-likeness (QED) is 0.755. The van der Waals surface area contributed by atoms with Crippen LogP contribution in [0.1, 0.15) is 22.6 Å². The van der Waals surface area contributed by atoms with Crippen LogP contribution in [-0.4, -0.2) is 55.1 Å². The highest BCUT2D eigenvalue weighted by Crippen LogP contribution is 1.98. The number of pyridine rings is 1. The Kier molecular flexibility index (Phi) is 5.30. The molecular formula is C14H22N4O. The van der Waals surface area contributed by atoms with E-state index in [2.05, 4.69) is 20.5 Å². The lowest BCUT2D eigenvalue weighted by atomic mass is 10.3. The minimum absolute atomic E-state index is 0.0796. The predicted octanol–water partition coefficient (Wildman–Crippen LogP) is 0.415. The Morgan fingerprint density at radius 3 is 2.95 bits per heavy atom. The van der Waals surface area contributed by atoms with Gasteiger partial charge in [0.1, 0.15) is 5.69 Å². The van der Waals surface area contributed by atoms with Gasteiger partial charge >= 0.3 is 0 Å². The molecule has 2 rings (SSSR count). The van der Waals surface area contributed by atoms with E-state index in [-0.39, 0.29) is 5.91 Å². The number of hydrogen-bond acceptors (Lipinski definition) is 4. The second kappa shape index (κ2) is 7.21. The molecule has 5 heteroatoms. The lowest BCUT2D eigenvalue weighted by Gasteiger charge is -2.27. The summed E-state index contributed by atoms with van der Waals surface area (Å²) in [6, 6.07) is 5.50. The number of nitrogens with one attached hydrogen (secondary N) is 2. The van der Waals surface area contributed by atoms with E-state index in [9.17, 15) is 4.79 Å². The number of aromatic nitrogens is 1. The van der Waals surface area contributed by atoms with Crippen molar-refractivity contribution in [3.05, 3.63) is 29.6 Å². The van der Waals surface area contributed by atoms with Gasteiger partial charge in [0.25, 0.3) is 5.91 Å². The molecule has 5 nitrogen and oxygen atoms in total. The summed E-state index contributed by atoms with van der Waals surface area (Å²) < 4.78 is 0. The van der Waals surface area contributed by atoms with Crippen molar-refractivity contribution in [2.24, 2.45) is 0 Å². The molecule has 0 aromatic carbocycles. The fraction of sp³-hybridized carbons (Fsp3) is 0.571. The molecule has 0 spiro atoms. The van der Waals surface area contributed by atoms with E-state index >= 15 is 0 Å². The average Bonchev–Trinajstić information content (AvgIpc) is 2.44. The Balaban J connectivity index is 1.66. The maximum absolute atomic E-state index is 11.9. The molecule has 1 fully saturated rings. The molecule has 1 aliphatic heterocycles. The van der Waals surface area contributed by atoms with Crippen LogP contribution < -0.4 is 10.6 Å². The summed E-state index contributed by atoms with van der Waals surface area (Å²) in [6.45, 7) is 7.99. The van der Waals surface area contributed by atoms with Crippen LogP contribution in [0.2, 0.25) is 0 Å². The van der Waals surface area contributed by atoms with Gasteiger partial charge in [-0.3, -0.25) is 4.79 Å². The van der Waals surface area contributed by atoms with Crippen molar-refractivity contribution in [3.63, 3.8) is 0 Å². The van der Waals surface area contributed by atoms with Crippen molar-refractivity contribution in [1.29, 1.82) is 0 Å². The molecule has 104 valence electrons. The zero-order valence-electron chi connectivity index (χ0n) is 11.5. The van der Waals surface area contributed by atoms with E-state index in [1.54, 1.807) is 6.07 Å². The van der Waals surface area contributed by atoms with E-state index in [1.165, 1.54) is 0 Å². The molecule has 1 aromatic heterocycles. The Morgan fingerprint density at radius 2 is 2.21 bits per heavy atom. The highest BCUT2D eigenvalue weighted by molar-refractivity contribution is 5.92. The zero-order chi connectivity index (χ0) is 13.5. The first kappa shape index (κ1) is 14.0. The smallest absolute Gasteiger partial charge is 0.269 e. The number of nitrogens with zero attached hydrogens (tertiary/aromatic N) is 2. The van der Waals surface area contributed by atoms with E-state index in [0.717, 1.165) is 44.8 Å². The Bertz CT molecular complexity index is 416. The van der Waals surface area contributed by atoms with Crippen molar-refractivity contribution >= 4 is 5.91 Å². The van der Waals surface area contributed by atoms with Gasteiger partial charge in [-0.15, -0.1) is 0 Å². The molecule has 0 unspecified atom stereocenters. The van der Waals surface area contributed by atoms with E-state index in [0.29, 0.717) is 12.2 Å². The number of rotatable bonds is 5. The number of carbonyl (C=O) groups is 1. The standard InChI is InChI=1S/C14H22N4O/c1-12-4-2-5-13(17-12)14(19)16-6-3-9-18-10-7-15-8-11-18/h2,4-5,15H,3,6-11H2,1H3,(H,16,19). The first-order valence-corrected chi connectivity index (χ1v) is 6.90. The number of hydrogen-bond donors (Lipinski definition) is 2. The van der Waals surface area contributed by atoms with E-state index in [1.807, 2.05) is 19.1 Å². The topological polar surface area (TPSA) is 57.3 Å². The normalized spacial score (nSPS) is 16.3. The molecule has 1 aromatic rings. The Hall–Kier alpha value is -1.46. The van der Waals surface area contributed by atoms with Gasteiger partial charge in [0.05, 0.1) is 0 Å². The summed E-state index contributed by atoms with van der Waals surface area (Å²) in [6.07, 6.45) is 0.984. The molecule has 0 aliphatic carbocycles. The Labute approximate surface area is 114 Å². The summed E-state index contributed by atoms with van der Waals surface area (Å²) in [5, 5.41) is 6.25. The highest BCUT2D eigenvalue weighted by Gasteiger charge is 2.09. The van der Waals surface area contributed by atoms with Crippen LogP contribution >= 0.6 is 0 Å². The first-order valence-electron chi connectivity index (χ1n) is 6.90. The van der Waals surface area contributed by atoms with Crippen LogP contribution in [0.3, 0.4) is 0 Å². The zero-order valence-corrected chi connectivity index (χ0v) is 11.5. The van der Waals surface area contributed by atoms with Gasteiger partial charge in [0, 0.05) is 38.4 Å². The molecule has 0 saturated carbocycles. The largest absolute Gasteiger partial charge is 0.351 e. The van der Waals surface area contributed by atoms with Crippen molar-refractivity contribution in [2.75, 3.05) is 39.3 Å². The molecule has 0 radical (unpaired) electrons. The molecule has 1 saturated heterocycles. The van der Waals surface area contributed by atoms with E-state index < -0.39 is 0 Å². The molecule has 0 atom stereocenters. The second-order valence-corrected chi connectivity index (χ2v) is 4.87. The van der Waals surface area contributed by atoms with Gasteiger partial charge in [0.2, 0.25) is 0 Å². The fourth-order valence-corrected chi connectivity index (χ4v) is 2.20. The maximum atomic E-state index is 11.9. The SMILES string of the molecule is Cc1cccc(C(=O)NCCCN2CCNCC2)n1.